The van der Waals surface area contributed by atoms with Crippen molar-refractivity contribution in [1.29, 1.82) is 0 Å². The molecule has 0 spiro atoms. The molecule has 8 nitrogen and oxygen atoms in total. The molecule has 0 aliphatic rings. The number of benzene rings is 2. The zero-order valence-corrected chi connectivity index (χ0v) is 14.4. The van der Waals surface area contributed by atoms with Gasteiger partial charge in [-0.1, -0.05) is 12.1 Å². The molecule has 0 radical (unpaired) electrons. The van der Waals surface area contributed by atoms with Crippen LogP contribution in [0.3, 0.4) is 0 Å². The summed E-state index contributed by atoms with van der Waals surface area (Å²) in [7, 11) is -4.23. The highest BCUT2D eigenvalue weighted by atomic mass is 32.2. The molecule has 0 saturated carbocycles. The van der Waals surface area contributed by atoms with Crippen LogP contribution in [0.2, 0.25) is 0 Å². The summed E-state index contributed by atoms with van der Waals surface area (Å²) in [4.78, 5) is 21.4. The van der Waals surface area contributed by atoms with Gasteiger partial charge in [-0.3, -0.25) is 14.9 Å². The van der Waals surface area contributed by atoms with Gasteiger partial charge >= 0.3 is 5.97 Å². The number of nitrogens with zero attached hydrogens (tertiary/aromatic N) is 1. The largest absolute Gasteiger partial charge is 0.460 e. The maximum atomic E-state index is 13.6. The highest BCUT2D eigenvalue weighted by molar-refractivity contribution is 7.89. The highest BCUT2D eigenvalue weighted by Gasteiger charge is 2.25. The van der Waals surface area contributed by atoms with Crippen LogP contribution in [0.1, 0.15) is 12.5 Å². The van der Waals surface area contributed by atoms with E-state index >= 15 is 0 Å². The number of carbonyl (C=O) groups is 1. The molecular formula is C16H15FN2O6S. The molecule has 0 unspecified atom stereocenters. The first-order chi connectivity index (χ1) is 12.2. The lowest BCUT2D eigenvalue weighted by atomic mass is 10.2. The summed E-state index contributed by atoms with van der Waals surface area (Å²) in [6, 6.07) is 8.86. The van der Waals surface area contributed by atoms with Crippen LogP contribution >= 0.6 is 0 Å². The van der Waals surface area contributed by atoms with E-state index < -0.39 is 37.7 Å². The smallest absolute Gasteiger partial charge is 0.324 e. The SMILES string of the molecule is C[C@H](NS(=O)(=O)c1ccccc1F)C(=O)OCc1ccc([N+](=O)[O-])cc1. The Hall–Kier alpha value is -2.85. The minimum absolute atomic E-state index is 0.105. The molecule has 0 aliphatic carbocycles. The standard InChI is InChI=1S/C16H15FN2O6S/c1-11(18-26(23,24)15-5-3-2-4-14(15)17)16(20)25-10-12-6-8-13(9-7-12)19(21)22/h2-9,11,18H,10H2,1H3/t11-/m0/s1. The van der Waals surface area contributed by atoms with Crippen LogP contribution in [0.25, 0.3) is 0 Å². The third kappa shape index (κ3) is 4.83. The fourth-order valence-electron chi connectivity index (χ4n) is 2.00. The van der Waals surface area contributed by atoms with Crippen LogP contribution in [0, 0.1) is 15.9 Å². The van der Waals surface area contributed by atoms with Gasteiger partial charge in [-0.25, -0.2) is 12.8 Å². The van der Waals surface area contributed by atoms with Gasteiger partial charge in [-0.05, 0) is 36.8 Å². The number of nitro groups is 1. The van der Waals surface area contributed by atoms with Crippen LogP contribution in [-0.2, 0) is 26.2 Å². The molecule has 2 aromatic carbocycles. The number of sulfonamides is 1. The summed E-state index contributed by atoms with van der Waals surface area (Å²) in [5, 5.41) is 10.6. The second-order valence-electron chi connectivity index (χ2n) is 5.30. The Morgan fingerprint density at radius 2 is 1.85 bits per heavy atom. The fraction of sp³-hybridized carbons (Fsp3) is 0.188. The number of non-ortho nitro benzene ring substituents is 1. The number of rotatable bonds is 7. The lowest BCUT2D eigenvalue weighted by Gasteiger charge is -2.14. The minimum atomic E-state index is -4.23. The Morgan fingerprint density at radius 1 is 1.23 bits per heavy atom. The lowest BCUT2D eigenvalue weighted by Crippen LogP contribution is -2.39. The van der Waals surface area contributed by atoms with Crippen molar-refractivity contribution in [3.05, 3.63) is 70.0 Å². The van der Waals surface area contributed by atoms with Gasteiger partial charge in [-0.15, -0.1) is 0 Å². The molecule has 2 rings (SSSR count). The summed E-state index contributed by atoms with van der Waals surface area (Å²) in [5.41, 5.74) is 0.388. The van der Waals surface area contributed by atoms with Crippen LogP contribution < -0.4 is 4.72 Å². The van der Waals surface area contributed by atoms with Gasteiger partial charge < -0.3 is 4.74 Å². The van der Waals surface area contributed by atoms with E-state index in [1.54, 1.807) is 0 Å². The number of carbonyl (C=O) groups excluding carboxylic acids is 1. The molecule has 1 N–H and O–H groups in total. The summed E-state index contributed by atoms with van der Waals surface area (Å²) in [6.45, 7) is 1.07. The summed E-state index contributed by atoms with van der Waals surface area (Å²) in [5.74, 6) is -1.81. The second kappa shape index (κ2) is 8.02. The highest BCUT2D eigenvalue weighted by Crippen LogP contribution is 2.15. The average molecular weight is 382 g/mol. The van der Waals surface area contributed by atoms with Gasteiger partial charge in [0.15, 0.2) is 0 Å². The van der Waals surface area contributed by atoms with E-state index in [0.29, 0.717) is 5.56 Å². The zero-order valence-electron chi connectivity index (χ0n) is 13.6. The van der Waals surface area contributed by atoms with Crippen LogP contribution in [-0.4, -0.2) is 25.4 Å². The third-order valence-electron chi connectivity index (χ3n) is 3.34. The zero-order chi connectivity index (χ0) is 19.3. The molecule has 0 amide bonds. The maximum Gasteiger partial charge on any atom is 0.324 e. The topological polar surface area (TPSA) is 116 Å². The monoisotopic (exact) mass is 382 g/mol. The van der Waals surface area contributed by atoms with Gasteiger partial charge in [0.05, 0.1) is 4.92 Å². The molecule has 1 atom stereocenters. The van der Waals surface area contributed by atoms with E-state index in [-0.39, 0.29) is 12.3 Å². The number of nitrogens with one attached hydrogen (secondary N) is 1. The van der Waals surface area contributed by atoms with Crippen LogP contribution in [0.4, 0.5) is 10.1 Å². The Kier molecular flexibility index (Phi) is 6.01. The quantitative estimate of drug-likeness (QED) is 0.446. The Morgan fingerprint density at radius 3 is 2.42 bits per heavy atom. The Labute approximate surface area is 148 Å². The maximum absolute atomic E-state index is 13.6. The van der Waals surface area contributed by atoms with Crippen molar-refractivity contribution in [2.24, 2.45) is 0 Å². The van der Waals surface area contributed by atoms with Crippen molar-refractivity contribution < 1.29 is 27.3 Å². The summed E-state index contributed by atoms with van der Waals surface area (Å²) >= 11 is 0. The van der Waals surface area contributed by atoms with E-state index in [9.17, 15) is 27.7 Å². The molecule has 26 heavy (non-hydrogen) atoms. The average Bonchev–Trinajstić information content (AvgIpc) is 2.59. The molecule has 0 saturated heterocycles. The van der Waals surface area contributed by atoms with Crippen molar-refractivity contribution in [3.8, 4) is 0 Å². The van der Waals surface area contributed by atoms with Crippen LogP contribution in [0.5, 0.6) is 0 Å². The normalized spacial score (nSPS) is 12.4. The fourth-order valence-corrected chi connectivity index (χ4v) is 3.27. The molecule has 0 aromatic heterocycles. The van der Waals surface area contributed by atoms with Crippen LogP contribution in [0.15, 0.2) is 53.4 Å². The van der Waals surface area contributed by atoms with Gasteiger partial charge in [0.25, 0.3) is 5.69 Å². The van der Waals surface area contributed by atoms with Crippen molar-refractivity contribution in [1.82, 2.24) is 4.72 Å². The first-order valence-electron chi connectivity index (χ1n) is 7.37. The number of halogens is 1. The van der Waals surface area contributed by atoms with E-state index in [4.69, 9.17) is 4.74 Å². The predicted molar refractivity (Wildman–Crippen MR) is 89.1 cm³/mol. The molecule has 0 bridgehead atoms. The Balaban J connectivity index is 1.97. The molecule has 0 fully saturated rings. The van der Waals surface area contributed by atoms with Gasteiger partial charge in [-0.2, -0.15) is 4.72 Å². The number of ether oxygens (including phenoxy) is 1. The van der Waals surface area contributed by atoms with Gasteiger partial charge in [0.1, 0.15) is 23.4 Å². The number of hydrogen-bond donors (Lipinski definition) is 1. The lowest BCUT2D eigenvalue weighted by molar-refractivity contribution is -0.384. The van der Waals surface area contributed by atoms with E-state index in [2.05, 4.69) is 0 Å². The molecule has 138 valence electrons. The number of esters is 1. The van der Waals surface area contributed by atoms with Crippen molar-refractivity contribution in [3.63, 3.8) is 0 Å². The first-order valence-corrected chi connectivity index (χ1v) is 8.86. The number of hydrogen-bond acceptors (Lipinski definition) is 6. The molecule has 2 aromatic rings. The van der Waals surface area contributed by atoms with E-state index in [1.165, 1.54) is 43.3 Å². The van der Waals surface area contributed by atoms with E-state index in [0.717, 1.165) is 12.1 Å². The van der Waals surface area contributed by atoms with Crippen molar-refractivity contribution >= 4 is 21.7 Å². The van der Waals surface area contributed by atoms with E-state index in [1.807, 2.05) is 4.72 Å². The van der Waals surface area contributed by atoms with Gasteiger partial charge in [0.2, 0.25) is 10.0 Å². The molecule has 0 aliphatic heterocycles. The third-order valence-corrected chi connectivity index (χ3v) is 4.91. The summed E-state index contributed by atoms with van der Waals surface area (Å²) in [6.07, 6.45) is 0. The van der Waals surface area contributed by atoms with Gasteiger partial charge in [0, 0.05) is 12.1 Å². The number of nitro benzene ring substituents is 1. The second-order valence-corrected chi connectivity index (χ2v) is 6.99. The molecule has 10 heteroatoms. The van der Waals surface area contributed by atoms with Crippen molar-refractivity contribution in [2.45, 2.75) is 24.5 Å². The first kappa shape index (κ1) is 19.5. The Bertz CT molecular complexity index is 915. The summed E-state index contributed by atoms with van der Waals surface area (Å²) < 4.78 is 44.9. The molecule has 0 heterocycles. The molecular weight excluding hydrogens is 367 g/mol. The minimum Gasteiger partial charge on any atom is -0.460 e. The van der Waals surface area contributed by atoms with Crippen molar-refractivity contribution in [2.75, 3.05) is 0 Å². The predicted octanol–water partition coefficient (Wildman–Crippen LogP) is 2.14.